The lowest BCUT2D eigenvalue weighted by atomic mass is 10.1. The first kappa shape index (κ1) is 17.5. The Kier molecular flexibility index (Phi) is 5.76. The monoisotopic (exact) mass is 339 g/mol. The highest BCUT2D eigenvalue weighted by molar-refractivity contribution is 7.92. The van der Waals surface area contributed by atoms with E-state index in [2.05, 4.69) is 5.32 Å². The molecule has 23 heavy (non-hydrogen) atoms. The number of sulfone groups is 1. The lowest BCUT2D eigenvalue weighted by molar-refractivity contribution is -0.142. The number of aliphatic carboxylic acids is 1. The summed E-state index contributed by atoms with van der Waals surface area (Å²) in [6.45, 7) is 0. The number of carbonyl (C=O) groups is 2. The molecule has 0 spiro atoms. The van der Waals surface area contributed by atoms with Crippen LogP contribution in [0.25, 0.3) is 0 Å². The van der Waals surface area contributed by atoms with Crippen molar-refractivity contribution in [2.24, 2.45) is 0 Å². The highest BCUT2D eigenvalue weighted by Gasteiger charge is 2.29. The minimum Gasteiger partial charge on any atom is -0.479 e. The Bertz CT molecular complexity index is 650. The van der Waals surface area contributed by atoms with Crippen LogP contribution in [0.1, 0.15) is 43.7 Å². The molecule has 1 amide bonds. The van der Waals surface area contributed by atoms with Gasteiger partial charge in [-0.1, -0.05) is 43.2 Å². The summed E-state index contributed by atoms with van der Waals surface area (Å²) in [7, 11) is -3.28. The quantitative estimate of drug-likeness (QED) is 0.787. The minimum atomic E-state index is -3.28. The molecule has 1 aromatic rings. The summed E-state index contributed by atoms with van der Waals surface area (Å²) in [5.41, 5.74) is 0.451. The van der Waals surface area contributed by atoms with E-state index in [0.717, 1.165) is 12.8 Å². The molecule has 1 aromatic carbocycles. The second kappa shape index (κ2) is 7.59. The number of carboxylic acid groups (broad SMARTS) is 1. The van der Waals surface area contributed by atoms with Crippen molar-refractivity contribution in [2.75, 3.05) is 5.75 Å². The van der Waals surface area contributed by atoms with Gasteiger partial charge in [0.15, 0.2) is 15.9 Å². The van der Waals surface area contributed by atoms with Gasteiger partial charge in [0.2, 0.25) is 5.91 Å². The molecule has 0 heterocycles. The number of hydrogen-bond donors (Lipinski definition) is 2. The molecule has 7 heteroatoms. The van der Waals surface area contributed by atoms with Gasteiger partial charge >= 0.3 is 5.97 Å². The van der Waals surface area contributed by atoms with Crippen LogP contribution >= 0.6 is 0 Å². The zero-order chi connectivity index (χ0) is 16.9. The largest absolute Gasteiger partial charge is 0.479 e. The van der Waals surface area contributed by atoms with E-state index in [4.69, 9.17) is 0 Å². The topological polar surface area (TPSA) is 101 Å². The molecule has 2 rings (SSSR count). The third kappa shape index (κ3) is 4.79. The average Bonchev–Trinajstić information content (AvgIpc) is 3.06. The Morgan fingerprint density at radius 3 is 2.35 bits per heavy atom. The minimum absolute atomic E-state index is 0.213. The van der Waals surface area contributed by atoms with Crippen LogP contribution < -0.4 is 5.32 Å². The van der Waals surface area contributed by atoms with Gasteiger partial charge in [-0.15, -0.1) is 0 Å². The summed E-state index contributed by atoms with van der Waals surface area (Å²) in [6, 6.07) is 7.16. The first-order valence-electron chi connectivity index (χ1n) is 7.69. The molecule has 1 saturated carbocycles. The summed E-state index contributed by atoms with van der Waals surface area (Å²) in [4.78, 5) is 23.3. The molecule has 0 aromatic heterocycles. The van der Waals surface area contributed by atoms with E-state index in [-0.39, 0.29) is 17.4 Å². The number of amides is 1. The maximum Gasteiger partial charge on any atom is 0.330 e. The lowest BCUT2D eigenvalue weighted by Crippen LogP contribution is -2.35. The summed E-state index contributed by atoms with van der Waals surface area (Å²) in [5, 5.41) is 11.3. The van der Waals surface area contributed by atoms with E-state index in [9.17, 15) is 23.1 Å². The van der Waals surface area contributed by atoms with Crippen LogP contribution in [0.4, 0.5) is 0 Å². The molecule has 6 nitrogen and oxygen atoms in total. The van der Waals surface area contributed by atoms with Crippen LogP contribution in [-0.4, -0.2) is 36.4 Å². The van der Waals surface area contributed by atoms with Gasteiger partial charge in [0.05, 0.1) is 11.0 Å². The first-order valence-corrected chi connectivity index (χ1v) is 9.40. The molecule has 1 aliphatic carbocycles. The molecule has 0 aliphatic heterocycles. The molecule has 0 saturated heterocycles. The van der Waals surface area contributed by atoms with Crippen LogP contribution in [0.2, 0.25) is 0 Å². The van der Waals surface area contributed by atoms with Gasteiger partial charge in [-0.25, -0.2) is 13.2 Å². The van der Waals surface area contributed by atoms with E-state index in [1.54, 1.807) is 30.3 Å². The van der Waals surface area contributed by atoms with Gasteiger partial charge in [0.1, 0.15) is 0 Å². The Hall–Kier alpha value is -1.89. The van der Waals surface area contributed by atoms with Crippen molar-refractivity contribution >= 4 is 21.7 Å². The fourth-order valence-electron chi connectivity index (χ4n) is 2.82. The summed E-state index contributed by atoms with van der Waals surface area (Å²) in [5.74, 6) is -1.98. The second-order valence-corrected chi connectivity index (χ2v) is 8.17. The highest BCUT2D eigenvalue weighted by Crippen LogP contribution is 2.25. The molecule has 1 aliphatic rings. The highest BCUT2D eigenvalue weighted by atomic mass is 32.2. The van der Waals surface area contributed by atoms with Gasteiger partial charge in [-0.2, -0.15) is 0 Å². The van der Waals surface area contributed by atoms with E-state index >= 15 is 0 Å². The van der Waals surface area contributed by atoms with Crippen LogP contribution in [-0.2, 0) is 19.4 Å². The normalized spacial score (nSPS) is 16.9. The molecule has 1 atom stereocenters. The maximum absolute atomic E-state index is 12.1. The summed E-state index contributed by atoms with van der Waals surface area (Å²) in [6.07, 6.45) is 2.92. The Labute approximate surface area is 135 Å². The average molecular weight is 339 g/mol. The van der Waals surface area contributed by atoms with Gasteiger partial charge in [-0.3, -0.25) is 4.79 Å². The Morgan fingerprint density at radius 1 is 1.17 bits per heavy atom. The number of carboxylic acids is 1. The van der Waals surface area contributed by atoms with Gasteiger partial charge < -0.3 is 10.4 Å². The fraction of sp³-hybridized carbons (Fsp3) is 0.500. The third-order valence-corrected chi connectivity index (χ3v) is 6.37. The predicted octanol–water partition coefficient (Wildman–Crippen LogP) is 1.68. The van der Waals surface area contributed by atoms with Crippen LogP contribution in [0.3, 0.4) is 0 Å². The molecular formula is C16H21NO5S. The van der Waals surface area contributed by atoms with Crippen molar-refractivity contribution in [2.45, 2.75) is 43.4 Å². The third-order valence-electron chi connectivity index (χ3n) is 4.11. The number of carbonyl (C=O) groups excluding carboxylic acids is 1. The second-order valence-electron chi connectivity index (χ2n) is 5.77. The maximum atomic E-state index is 12.1. The van der Waals surface area contributed by atoms with Gasteiger partial charge in [0.25, 0.3) is 0 Å². The summed E-state index contributed by atoms with van der Waals surface area (Å²) < 4.78 is 24.3. The van der Waals surface area contributed by atoms with Crippen molar-refractivity contribution in [3.63, 3.8) is 0 Å². The van der Waals surface area contributed by atoms with Crippen LogP contribution in [0.15, 0.2) is 30.3 Å². The number of benzene rings is 1. The Morgan fingerprint density at radius 2 is 1.78 bits per heavy atom. The van der Waals surface area contributed by atoms with Crippen molar-refractivity contribution in [1.29, 1.82) is 0 Å². The zero-order valence-corrected chi connectivity index (χ0v) is 13.6. The van der Waals surface area contributed by atoms with Crippen LogP contribution in [0.5, 0.6) is 0 Å². The van der Waals surface area contributed by atoms with Crippen molar-refractivity contribution in [3.8, 4) is 0 Å². The molecule has 1 fully saturated rings. The standard InChI is InChI=1S/C16H21NO5S/c18-14(10-11-23(21,22)13-8-4-5-9-13)17-15(16(19)20)12-6-2-1-3-7-12/h1-3,6-7,13,15H,4-5,8-11H2,(H,17,18)(H,19,20)/t15-/m1/s1. The number of hydrogen-bond acceptors (Lipinski definition) is 4. The summed E-state index contributed by atoms with van der Waals surface area (Å²) >= 11 is 0. The zero-order valence-electron chi connectivity index (χ0n) is 12.8. The Balaban J connectivity index is 1.93. The smallest absolute Gasteiger partial charge is 0.330 e. The van der Waals surface area contributed by atoms with Crippen molar-refractivity contribution in [1.82, 2.24) is 5.32 Å². The molecule has 126 valence electrons. The van der Waals surface area contributed by atoms with Crippen molar-refractivity contribution < 1.29 is 23.1 Å². The molecule has 0 unspecified atom stereocenters. The predicted molar refractivity (Wildman–Crippen MR) is 85.6 cm³/mol. The van der Waals surface area contributed by atoms with E-state index in [1.807, 2.05) is 0 Å². The van der Waals surface area contributed by atoms with E-state index in [1.165, 1.54) is 0 Å². The molecule has 2 N–H and O–H groups in total. The number of nitrogens with one attached hydrogen (secondary N) is 1. The molecule has 0 bridgehead atoms. The van der Waals surface area contributed by atoms with Crippen molar-refractivity contribution in [3.05, 3.63) is 35.9 Å². The fourth-order valence-corrected chi connectivity index (χ4v) is 4.67. The van der Waals surface area contributed by atoms with Crippen LogP contribution in [0, 0.1) is 0 Å². The lowest BCUT2D eigenvalue weighted by Gasteiger charge is -2.15. The van der Waals surface area contributed by atoms with E-state index in [0.29, 0.717) is 18.4 Å². The van der Waals surface area contributed by atoms with Gasteiger partial charge in [-0.05, 0) is 18.4 Å². The SMILES string of the molecule is O=C(CCS(=O)(=O)C1CCCC1)N[C@@H](C(=O)O)c1ccccc1. The first-order chi connectivity index (χ1) is 10.9. The molecular weight excluding hydrogens is 318 g/mol. The number of rotatable bonds is 7. The van der Waals surface area contributed by atoms with E-state index < -0.39 is 27.8 Å². The molecule has 0 radical (unpaired) electrons. The van der Waals surface area contributed by atoms with Gasteiger partial charge in [0, 0.05) is 6.42 Å².